The summed E-state index contributed by atoms with van der Waals surface area (Å²) >= 11 is 0. The Hall–Kier alpha value is -1.36. The molecule has 1 atom stereocenters. The predicted octanol–water partition coefficient (Wildman–Crippen LogP) is 2.77. The molecule has 0 spiro atoms. The fraction of sp³-hybridized carbons (Fsp3) is 0.733. The molecule has 20 heavy (non-hydrogen) atoms. The van der Waals surface area contributed by atoms with Gasteiger partial charge in [0.1, 0.15) is 17.5 Å². The molecule has 2 aliphatic rings. The van der Waals surface area contributed by atoms with E-state index in [1.54, 1.807) is 0 Å². The number of hydrogen-bond acceptors (Lipinski definition) is 5. The average molecular weight is 276 g/mol. The van der Waals surface area contributed by atoms with Gasteiger partial charge in [-0.25, -0.2) is 9.97 Å². The van der Waals surface area contributed by atoms with Gasteiger partial charge in [0.05, 0.1) is 5.60 Å². The molecular weight excluding hydrogens is 252 g/mol. The minimum atomic E-state index is -0.0525. The van der Waals surface area contributed by atoms with E-state index >= 15 is 0 Å². The summed E-state index contributed by atoms with van der Waals surface area (Å²) in [6, 6.07) is 1.99. The third-order valence-corrected chi connectivity index (χ3v) is 3.99. The largest absolute Gasteiger partial charge is 0.373 e. The summed E-state index contributed by atoms with van der Waals surface area (Å²) < 4.78 is 5.81. The van der Waals surface area contributed by atoms with Crippen molar-refractivity contribution in [1.82, 2.24) is 9.97 Å². The zero-order valence-electron chi connectivity index (χ0n) is 12.4. The molecule has 1 aliphatic heterocycles. The van der Waals surface area contributed by atoms with Gasteiger partial charge in [0.25, 0.3) is 0 Å². The molecule has 2 fully saturated rings. The zero-order chi connectivity index (χ0) is 14.0. The summed E-state index contributed by atoms with van der Waals surface area (Å²) in [6.07, 6.45) is 4.70. The van der Waals surface area contributed by atoms with Crippen molar-refractivity contribution < 1.29 is 4.74 Å². The molecule has 0 aromatic carbocycles. The standard InChI is InChI=1S/C15H24N4O/c1-3-16-12-9-13(19-14(18-12)11-5-6-11)17-10-15(2)7-4-8-20-15/h9,11H,3-8,10H2,1-2H3,(H2,16,17,18,19). The van der Waals surface area contributed by atoms with Crippen LogP contribution in [0, 0.1) is 0 Å². The molecule has 1 unspecified atom stereocenters. The Kier molecular flexibility index (Phi) is 3.78. The maximum atomic E-state index is 5.81. The van der Waals surface area contributed by atoms with Crippen LogP contribution in [-0.2, 0) is 4.74 Å². The summed E-state index contributed by atoms with van der Waals surface area (Å²) in [7, 11) is 0. The molecule has 3 rings (SSSR count). The first kappa shape index (κ1) is 13.6. The molecule has 1 aliphatic carbocycles. The van der Waals surface area contributed by atoms with Gasteiger partial charge in [-0.2, -0.15) is 0 Å². The van der Waals surface area contributed by atoms with E-state index in [4.69, 9.17) is 4.74 Å². The van der Waals surface area contributed by atoms with Crippen molar-refractivity contribution in [1.29, 1.82) is 0 Å². The van der Waals surface area contributed by atoms with Crippen LogP contribution in [0.15, 0.2) is 6.07 Å². The molecule has 0 bridgehead atoms. The minimum Gasteiger partial charge on any atom is -0.373 e. The zero-order valence-corrected chi connectivity index (χ0v) is 12.4. The maximum absolute atomic E-state index is 5.81. The number of ether oxygens (including phenoxy) is 1. The molecule has 1 aromatic rings. The number of nitrogens with one attached hydrogen (secondary N) is 2. The Bertz CT molecular complexity index is 467. The van der Waals surface area contributed by atoms with Crippen LogP contribution >= 0.6 is 0 Å². The van der Waals surface area contributed by atoms with E-state index in [-0.39, 0.29) is 5.60 Å². The van der Waals surface area contributed by atoms with E-state index in [0.717, 1.165) is 50.0 Å². The van der Waals surface area contributed by atoms with E-state index < -0.39 is 0 Å². The highest BCUT2D eigenvalue weighted by Gasteiger charge is 2.30. The Morgan fingerprint density at radius 3 is 2.65 bits per heavy atom. The van der Waals surface area contributed by atoms with Gasteiger partial charge in [-0.05, 0) is 39.5 Å². The van der Waals surface area contributed by atoms with Crippen LogP contribution in [0.5, 0.6) is 0 Å². The van der Waals surface area contributed by atoms with Crippen LogP contribution < -0.4 is 10.6 Å². The van der Waals surface area contributed by atoms with Crippen LogP contribution in [0.3, 0.4) is 0 Å². The van der Waals surface area contributed by atoms with Gasteiger partial charge < -0.3 is 15.4 Å². The third kappa shape index (κ3) is 3.20. The number of nitrogens with zero attached hydrogens (tertiary/aromatic N) is 2. The SMILES string of the molecule is CCNc1cc(NCC2(C)CCCO2)nc(C2CC2)n1. The van der Waals surface area contributed by atoms with E-state index in [9.17, 15) is 0 Å². The lowest BCUT2D eigenvalue weighted by molar-refractivity contribution is 0.0314. The summed E-state index contributed by atoms with van der Waals surface area (Å²) in [5.74, 6) is 3.37. The normalized spacial score (nSPS) is 25.7. The molecule has 5 nitrogen and oxygen atoms in total. The number of anilines is 2. The van der Waals surface area contributed by atoms with Crippen molar-refractivity contribution in [3.8, 4) is 0 Å². The summed E-state index contributed by atoms with van der Waals surface area (Å²) in [5, 5.41) is 6.72. The minimum absolute atomic E-state index is 0.0525. The monoisotopic (exact) mass is 276 g/mol. The summed E-state index contributed by atoms with van der Waals surface area (Å²) in [5.41, 5.74) is -0.0525. The van der Waals surface area contributed by atoms with Gasteiger partial charge in [0, 0.05) is 31.7 Å². The highest BCUT2D eigenvalue weighted by molar-refractivity contribution is 5.48. The van der Waals surface area contributed by atoms with Crippen molar-refractivity contribution in [2.45, 2.75) is 51.0 Å². The topological polar surface area (TPSA) is 59.1 Å². The number of rotatable bonds is 6. The molecule has 110 valence electrons. The van der Waals surface area contributed by atoms with Crippen LogP contribution in [0.2, 0.25) is 0 Å². The van der Waals surface area contributed by atoms with Crippen LogP contribution in [0.25, 0.3) is 0 Å². The predicted molar refractivity (Wildman–Crippen MR) is 80.3 cm³/mol. The first-order valence-electron chi connectivity index (χ1n) is 7.69. The summed E-state index contributed by atoms with van der Waals surface area (Å²) in [4.78, 5) is 9.24. The average Bonchev–Trinajstić information content (AvgIpc) is 3.20. The second-order valence-corrected chi connectivity index (χ2v) is 6.06. The fourth-order valence-corrected chi connectivity index (χ4v) is 2.61. The second-order valence-electron chi connectivity index (χ2n) is 6.06. The van der Waals surface area contributed by atoms with Gasteiger partial charge in [0.15, 0.2) is 0 Å². The molecule has 1 saturated heterocycles. The van der Waals surface area contributed by atoms with Crippen molar-refractivity contribution in [2.24, 2.45) is 0 Å². The molecule has 0 amide bonds. The van der Waals surface area contributed by atoms with E-state index in [1.165, 1.54) is 12.8 Å². The summed E-state index contributed by atoms with van der Waals surface area (Å²) in [6.45, 7) is 6.81. The number of aromatic nitrogens is 2. The first-order chi connectivity index (χ1) is 9.68. The van der Waals surface area contributed by atoms with Crippen LogP contribution in [0.4, 0.5) is 11.6 Å². The Morgan fingerprint density at radius 2 is 2.05 bits per heavy atom. The molecule has 2 heterocycles. The smallest absolute Gasteiger partial charge is 0.136 e. The Labute approximate surface area is 120 Å². The van der Waals surface area contributed by atoms with Gasteiger partial charge in [-0.1, -0.05) is 0 Å². The lowest BCUT2D eigenvalue weighted by Crippen LogP contribution is -2.32. The van der Waals surface area contributed by atoms with Crippen molar-refractivity contribution >= 4 is 11.6 Å². The van der Waals surface area contributed by atoms with Crippen molar-refractivity contribution in [2.75, 3.05) is 30.3 Å². The van der Waals surface area contributed by atoms with Crippen LogP contribution in [-0.4, -0.2) is 35.3 Å². The molecule has 5 heteroatoms. The fourth-order valence-electron chi connectivity index (χ4n) is 2.61. The molecule has 1 saturated carbocycles. The number of hydrogen-bond donors (Lipinski definition) is 2. The highest BCUT2D eigenvalue weighted by atomic mass is 16.5. The van der Waals surface area contributed by atoms with Gasteiger partial charge >= 0.3 is 0 Å². The Morgan fingerprint density at radius 1 is 1.30 bits per heavy atom. The molecular formula is C15H24N4O. The van der Waals surface area contributed by atoms with E-state index in [0.29, 0.717) is 5.92 Å². The second kappa shape index (κ2) is 5.56. The van der Waals surface area contributed by atoms with E-state index in [1.807, 2.05) is 6.07 Å². The van der Waals surface area contributed by atoms with E-state index in [2.05, 4.69) is 34.4 Å². The highest BCUT2D eigenvalue weighted by Crippen LogP contribution is 2.39. The van der Waals surface area contributed by atoms with Crippen molar-refractivity contribution in [3.63, 3.8) is 0 Å². The van der Waals surface area contributed by atoms with Gasteiger partial charge in [-0.15, -0.1) is 0 Å². The molecule has 2 N–H and O–H groups in total. The lowest BCUT2D eigenvalue weighted by Gasteiger charge is -2.24. The quantitative estimate of drug-likeness (QED) is 0.836. The van der Waals surface area contributed by atoms with Gasteiger partial charge in [-0.3, -0.25) is 0 Å². The molecule has 1 aromatic heterocycles. The van der Waals surface area contributed by atoms with Crippen LogP contribution in [0.1, 0.15) is 51.3 Å². The maximum Gasteiger partial charge on any atom is 0.136 e. The van der Waals surface area contributed by atoms with Crippen molar-refractivity contribution in [3.05, 3.63) is 11.9 Å². The first-order valence-corrected chi connectivity index (χ1v) is 7.69. The molecule has 0 radical (unpaired) electrons. The Balaban J connectivity index is 1.70. The third-order valence-electron chi connectivity index (χ3n) is 3.99. The lowest BCUT2D eigenvalue weighted by atomic mass is 10.0. The van der Waals surface area contributed by atoms with Gasteiger partial charge in [0.2, 0.25) is 0 Å².